The average molecular weight is 352 g/mol. The zero-order valence-corrected chi connectivity index (χ0v) is 15.1. The molecule has 0 atom stereocenters. The van der Waals surface area contributed by atoms with Crippen molar-refractivity contribution in [3.8, 4) is 45.3 Å². The van der Waals surface area contributed by atoms with Gasteiger partial charge in [-0.3, -0.25) is 0 Å². The number of phenolic OH excluding ortho intramolecular Hbond substituents is 2. The summed E-state index contributed by atoms with van der Waals surface area (Å²) in [5.41, 5.74) is 1.81. The minimum atomic E-state index is -0.476. The highest BCUT2D eigenvalue weighted by atomic mass is 16.3. The summed E-state index contributed by atoms with van der Waals surface area (Å²) in [6.45, 7) is 0. The van der Waals surface area contributed by atoms with Crippen LogP contribution in [-0.4, -0.2) is 38.4 Å². The lowest BCUT2D eigenvalue weighted by Crippen LogP contribution is -2.11. The van der Waals surface area contributed by atoms with Crippen LogP contribution in [0.2, 0.25) is 0 Å². The molecule has 0 amide bonds. The fourth-order valence-electron chi connectivity index (χ4n) is 2.90. The van der Waals surface area contributed by atoms with E-state index < -0.39 is 11.5 Å². The molecule has 2 N–H and O–H groups in total. The molecule has 134 valence electrons. The van der Waals surface area contributed by atoms with Crippen molar-refractivity contribution in [1.29, 1.82) is 0 Å². The number of aromatic hydroxyl groups is 2. The summed E-state index contributed by atoms with van der Waals surface area (Å²) < 4.78 is 0. The van der Waals surface area contributed by atoms with Gasteiger partial charge in [-0.05, 0) is 12.1 Å². The van der Waals surface area contributed by atoms with E-state index in [1.54, 1.807) is 34.1 Å². The van der Waals surface area contributed by atoms with Crippen LogP contribution in [-0.2, 0) is 0 Å². The number of rotatable bonds is 4. The number of hydrogen-bond donors (Lipinski definition) is 2. The van der Waals surface area contributed by atoms with Gasteiger partial charge in [-0.2, -0.15) is 0 Å². The van der Waals surface area contributed by atoms with E-state index >= 15 is 0 Å². The molecule has 0 saturated carbocycles. The van der Waals surface area contributed by atoms with Gasteiger partial charge in [-0.15, -0.1) is 0 Å². The van der Waals surface area contributed by atoms with Crippen LogP contribution in [0.1, 0.15) is 0 Å². The van der Waals surface area contributed by atoms with E-state index in [1.165, 1.54) is 12.1 Å². The third-order valence-corrected chi connectivity index (χ3v) is 4.44. The number of phenols is 2. The third kappa shape index (κ3) is 2.69. The highest BCUT2D eigenvalue weighted by molar-refractivity contribution is 6.00. The van der Waals surface area contributed by atoms with Gasteiger partial charge in [0.25, 0.3) is 0 Å². The van der Waals surface area contributed by atoms with Crippen LogP contribution in [0, 0.1) is 0 Å². The molecule has 0 spiro atoms. The molecule has 3 rings (SSSR count). The summed E-state index contributed by atoms with van der Waals surface area (Å²) in [5, 5.41) is 45.6. The molecule has 0 aliphatic carbocycles. The molecule has 0 radical (unpaired) electrons. The summed E-state index contributed by atoms with van der Waals surface area (Å²) in [7, 11) is 7.31. The molecule has 0 aromatic heterocycles. The van der Waals surface area contributed by atoms with Crippen molar-refractivity contribution in [2.75, 3.05) is 38.0 Å². The molecular weight excluding hydrogens is 332 g/mol. The zero-order chi connectivity index (χ0) is 19.2. The van der Waals surface area contributed by atoms with Crippen molar-refractivity contribution in [1.82, 2.24) is 0 Å². The van der Waals surface area contributed by atoms with Crippen LogP contribution in [0.4, 0.5) is 11.4 Å². The van der Waals surface area contributed by atoms with Crippen LogP contribution >= 0.6 is 0 Å². The molecule has 0 aliphatic heterocycles. The van der Waals surface area contributed by atoms with E-state index in [0.717, 1.165) is 11.4 Å². The molecule has 0 fully saturated rings. The van der Waals surface area contributed by atoms with Crippen molar-refractivity contribution >= 4 is 11.4 Å². The Balaban J connectivity index is 2.04. The molecule has 6 nitrogen and oxygen atoms in total. The number of nitrogens with zero attached hydrogens (tertiary/aromatic N) is 2. The summed E-state index contributed by atoms with van der Waals surface area (Å²) in [6, 6.07) is 9.57. The van der Waals surface area contributed by atoms with Crippen LogP contribution in [0.15, 0.2) is 36.4 Å². The van der Waals surface area contributed by atoms with E-state index in [-0.39, 0.29) is 33.8 Å². The Labute approximate surface area is 152 Å². The van der Waals surface area contributed by atoms with Gasteiger partial charge in [-0.25, -0.2) is 0 Å². The Morgan fingerprint density at radius 1 is 0.846 bits per heavy atom. The molecule has 0 unspecified atom stereocenters. The fraction of sp³-hybridized carbons (Fsp3) is 0.200. The highest BCUT2D eigenvalue weighted by Gasteiger charge is 2.32. The molecule has 3 aromatic rings. The SMILES string of the molecule is CN(C)c1ccc(-c2c([O-])[c+](-c3ccc(N(C)C)cc3O)[c+]2[O-])c(O)c1. The smallest absolute Gasteiger partial charge is 0.224 e. The first-order valence-electron chi connectivity index (χ1n) is 8.07. The predicted molar refractivity (Wildman–Crippen MR) is 99.4 cm³/mol. The molecule has 0 heterocycles. The second kappa shape index (κ2) is 6.22. The van der Waals surface area contributed by atoms with Crippen LogP contribution in [0.3, 0.4) is 0 Å². The molecule has 0 saturated heterocycles. The largest absolute Gasteiger partial charge is 0.824 e. The zero-order valence-electron chi connectivity index (χ0n) is 15.1. The molecule has 26 heavy (non-hydrogen) atoms. The molecule has 0 bridgehead atoms. The van der Waals surface area contributed by atoms with E-state index in [9.17, 15) is 20.4 Å². The first-order valence-corrected chi connectivity index (χ1v) is 8.07. The lowest BCUT2D eigenvalue weighted by atomic mass is 9.88. The predicted octanol–water partition coefficient (Wildman–Crippen LogP) is 2.15. The number of hydrogen-bond acceptors (Lipinski definition) is 6. The summed E-state index contributed by atoms with van der Waals surface area (Å²) >= 11 is 0. The summed E-state index contributed by atoms with van der Waals surface area (Å²) in [6.07, 6.45) is 0. The monoisotopic (exact) mass is 352 g/mol. The molecule has 6 heteroatoms. The Morgan fingerprint density at radius 3 is 1.85 bits per heavy atom. The first kappa shape index (κ1) is 17.5. The maximum absolute atomic E-state index is 12.6. The van der Waals surface area contributed by atoms with Gasteiger partial charge in [0.15, 0.2) is 16.9 Å². The van der Waals surface area contributed by atoms with Gasteiger partial charge < -0.3 is 30.2 Å². The lowest BCUT2D eigenvalue weighted by Gasteiger charge is -2.22. The van der Waals surface area contributed by atoms with E-state index in [0.29, 0.717) is 0 Å². The van der Waals surface area contributed by atoms with Gasteiger partial charge in [0, 0.05) is 58.1 Å². The van der Waals surface area contributed by atoms with Crippen molar-refractivity contribution < 1.29 is 20.4 Å². The fourth-order valence-corrected chi connectivity index (χ4v) is 2.90. The van der Waals surface area contributed by atoms with Crippen molar-refractivity contribution in [3.05, 3.63) is 36.4 Å². The maximum atomic E-state index is 12.6. The van der Waals surface area contributed by atoms with Gasteiger partial charge in [-0.1, -0.05) is 0 Å². The third-order valence-electron chi connectivity index (χ3n) is 4.44. The Kier molecular flexibility index (Phi) is 4.20. The van der Waals surface area contributed by atoms with Gasteiger partial charge in [0.1, 0.15) is 11.1 Å². The number of benzene rings is 2. The molecule has 0 aliphatic rings. The Morgan fingerprint density at radius 2 is 1.38 bits per heavy atom. The topological polar surface area (TPSA) is 93.1 Å². The summed E-state index contributed by atoms with van der Waals surface area (Å²) in [4.78, 5) is 3.61. The van der Waals surface area contributed by atoms with Crippen LogP contribution in [0.5, 0.6) is 23.0 Å². The molecular formula is C20H20N2O4. The van der Waals surface area contributed by atoms with Gasteiger partial charge in [0.05, 0.1) is 17.2 Å². The van der Waals surface area contributed by atoms with Crippen molar-refractivity contribution in [2.24, 2.45) is 0 Å². The Bertz CT molecular complexity index is 860. The normalized spacial score (nSPS) is 10.9. The lowest BCUT2D eigenvalue weighted by molar-refractivity contribution is -0.288. The van der Waals surface area contributed by atoms with E-state index in [4.69, 9.17) is 0 Å². The molecule has 3 aromatic carbocycles. The second-order valence-electron chi connectivity index (χ2n) is 6.60. The maximum Gasteiger partial charge on any atom is 0.224 e. The quantitative estimate of drug-likeness (QED) is 0.699. The van der Waals surface area contributed by atoms with E-state index in [1.807, 2.05) is 28.2 Å². The highest BCUT2D eigenvalue weighted by Crippen LogP contribution is 2.55. The number of anilines is 2. The minimum absolute atomic E-state index is 0.0566. The average Bonchev–Trinajstić information content (AvgIpc) is 2.58. The summed E-state index contributed by atoms with van der Waals surface area (Å²) in [5.74, 6) is -1.20. The first-order chi connectivity index (χ1) is 12.2. The van der Waals surface area contributed by atoms with E-state index in [2.05, 4.69) is 0 Å². The standard InChI is InChI=1S/C20H20N2O4/c1-21(2)11-5-7-13(15(23)9-11)17-19(25)18(20(17)26)14-8-6-12(22(3)4)10-16(14)24/h5-10H,1-4H3,(H2-,23,24,25). The minimum Gasteiger partial charge on any atom is -0.824 e. The second-order valence-corrected chi connectivity index (χ2v) is 6.60. The van der Waals surface area contributed by atoms with Crippen LogP contribution < -0.4 is 20.0 Å². The van der Waals surface area contributed by atoms with Gasteiger partial charge in [0.2, 0.25) is 5.75 Å². The van der Waals surface area contributed by atoms with Crippen molar-refractivity contribution in [2.45, 2.75) is 0 Å². The van der Waals surface area contributed by atoms with Gasteiger partial charge >= 0.3 is 0 Å². The Hall–Kier alpha value is -3.28. The van der Waals surface area contributed by atoms with Crippen LogP contribution in [0.25, 0.3) is 22.3 Å². The van der Waals surface area contributed by atoms with Crippen molar-refractivity contribution in [3.63, 3.8) is 0 Å².